The van der Waals surface area contributed by atoms with Gasteiger partial charge in [-0.15, -0.1) is 0 Å². The van der Waals surface area contributed by atoms with E-state index < -0.39 is 0 Å². The minimum Gasteiger partial charge on any atom is -0.465 e. The second-order valence-electron chi connectivity index (χ2n) is 5.87. The van der Waals surface area contributed by atoms with Crippen molar-refractivity contribution in [2.45, 2.75) is 32.7 Å². The van der Waals surface area contributed by atoms with E-state index in [9.17, 15) is 4.79 Å². The number of hydrogen-bond donors (Lipinski definition) is 2. The van der Waals surface area contributed by atoms with Gasteiger partial charge in [0.2, 0.25) is 0 Å². The van der Waals surface area contributed by atoms with Crippen LogP contribution in [0, 0.1) is 13.8 Å². The van der Waals surface area contributed by atoms with Crippen molar-refractivity contribution >= 4 is 11.8 Å². The summed E-state index contributed by atoms with van der Waals surface area (Å²) in [6.45, 7) is 6.23. The standard InChI is InChI=1S/C16H22N4O3/c1-11-5-6-14(22-11)13(20-7-3-4-8-20)10-17-16(21)18-15-9-12(2)23-19-15/h5-6,9,13H,3-4,7-8,10H2,1-2H3,(H2,17,18,19,21)/t13-/m0/s1. The van der Waals surface area contributed by atoms with E-state index in [2.05, 4.69) is 20.7 Å². The predicted octanol–water partition coefficient (Wildman–Crippen LogP) is 2.84. The summed E-state index contributed by atoms with van der Waals surface area (Å²) in [7, 11) is 0. The zero-order valence-electron chi connectivity index (χ0n) is 13.5. The Labute approximate surface area is 135 Å². The Morgan fingerprint density at radius 1 is 1.30 bits per heavy atom. The van der Waals surface area contributed by atoms with E-state index in [0.717, 1.165) is 24.6 Å². The topological polar surface area (TPSA) is 83.5 Å². The quantitative estimate of drug-likeness (QED) is 0.885. The molecule has 0 spiro atoms. The zero-order chi connectivity index (χ0) is 16.2. The Morgan fingerprint density at radius 2 is 2.09 bits per heavy atom. The van der Waals surface area contributed by atoms with Gasteiger partial charge >= 0.3 is 6.03 Å². The van der Waals surface area contributed by atoms with Gasteiger partial charge in [-0.2, -0.15) is 0 Å². The summed E-state index contributed by atoms with van der Waals surface area (Å²) in [4.78, 5) is 14.4. The Balaban J connectivity index is 1.60. The predicted molar refractivity (Wildman–Crippen MR) is 85.3 cm³/mol. The van der Waals surface area contributed by atoms with Crippen molar-refractivity contribution in [3.8, 4) is 0 Å². The summed E-state index contributed by atoms with van der Waals surface area (Å²) in [5.41, 5.74) is 0. The lowest BCUT2D eigenvalue weighted by atomic mass is 10.2. The molecule has 2 aromatic heterocycles. The molecule has 0 aromatic carbocycles. The maximum Gasteiger partial charge on any atom is 0.320 e. The van der Waals surface area contributed by atoms with Crippen LogP contribution in [0.15, 0.2) is 27.1 Å². The lowest BCUT2D eigenvalue weighted by Crippen LogP contribution is -2.38. The van der Waals surface area contributed by atoms with E-state index in [1.165, 1.54) is 12.8 Å². The number of furan rings is 1. The number of carbonyl (C=O) groups is 1. The first-order valence-electron chi connectivity index (χ1n) is 7.90. The molecule has 1 saturated heterocycles. The number of nitrogens with one attached hydrogen (secondary N) is 2. The molecule has 0 unspecified atom stereocenters. The van der Waals surface area contributed by atoms with Gasteiger partial charge in [-0.1, -0.05) is 5.16 Å². The Morgan fingerprint density at radius 3 is 2.70 bits per heavy atom. The van der Waals surface area contributed by atoms with E-state index in [4.69, 9.17) is 8.94 Å². The van der Waals surface area contributed by atoms with Crippen LogP contribution >= 0.6 is 0 Å². The Hall–Kier alpha value is -2.28. The van der Waals surface area contributed by atoms with Crippen LogP contribution in [0.2, 0.25) is 0 Å². The van der Waals surface area contributed by atoms with Crippen LogP contribution in [0.3, 0.4) is 0 Å². The van der Waals surface area contributed by atoms with Crippen LogP contribution in [0.4, 0.5) is 10.6 Å². The number of amides is 2. The zero-order valence-corrected chi connectivity index (χ0v) is 13.5. The normalized spacial score (nSPS) is 16.4. The highest BCUT2D eigenvalue weighted by molar-refractivity contribution is 5.88. The molecule has 7 nitrogen and oxygen atoms in total. The number of hydrogen-bond acceptors (Lipinski definition) is 5. The number of aromatic nitrogens is 1. The average Bonchev–Trinajstić information content (AvgIpc) is 3.23. The smallest absolute Gasteiger partial charge is 0.320 e. The van der Waals surface area contributed by atoms with Crippen LogP contribution in [-0.4, -0.2) is 35.7 Å². The van der Waals surface area contributed by atoms with Gasteiger partial charge in [0.1, 0.15) is 17.3 Å². The molecule has 1 fully saturated rings. The molecule has 3 rings (SSSR count). The summed E-state index contributed by atoms with van der Waals surface area (Å²) in [5.74, 6) is 2.83. The second-order valence-corrected chi connectivity index (χ2v) is 5.87. The van der Waals surface area contributed by atoms with Crippen LogP contribution in [0.5, 0.6) is 0 Å². The second kappa shape index (κ2) is 6.87. The molecule has 124 valence electrons. The fourth-order valence-electron chi connectivity index (χ4n) is 2.87. The fourth-order valence-corrected chi connectivity index (χ4v) is 2.87. The minimum atomic E-state index is -0.300. The minimum absolute atomic E-state index is 0.0518. The average molecular weight is 318 g/mol. The molecular weight excluding hydrogens is 296 g/mol. The van der Waals surface area contributed by atoms with Crippen molar-refractivity contribution < 1.29 is 13.7 Å². The van der Waals surface area contributed by atoms with Crippen LogP contribution in [0.1, 0.15) is 36.2 Å². The lowest BCUT2D eigenvalue weighted by molar-refractivity contribution is 0.205. The summed E-state index contributed by atoms with van der Waals surface area (Å²) < 4.78 is 10.7. The maximum absolute atomic E-state index is 12.0. The number of anilines is 1. The molecule has 23 heavy (non-hydrogen) atoms. The molecule has 2 N–H and O–H groups in total. The highest BCUT2D eigenvalue weighted by Gasteiger charge is 2.26. The van der Waals surface area contributed by atoms with E-state index in [1.54, 1.807) is 13.0 Å². The number of urea groups is 1. The van der Waals surface area contributed by atoms with Crippen molar-refractivity contribution in [2.75, 3.05) is 25.0 Å². The monoisotopic (exact) mass is 318 g/mol. The van der Waals surface area contributed by atoms with Gasteiger partial charge in [-0.05, 0) is 51.9 Å². The fraction of sp³-hybridized carbons (Fsp3) is 0.500. The molecule has 2 aromatic rings. The van der Waals surface area contributed by atoms with Crippen molar-refractivity contribution in [1.29, 1.82) is 0 Å². The first kappa shape index (κ1) is 15.6. The van der Waals surface area contributed by atoms with Gasteiger partial charge in [0.25, 0.3) is 0 Å². The molecule has 3 heterocycles. The molecule has 7 heteroatoms. The summed E-state index contributed by atoms with van der Waals surface area (Å²) in [6.07, 6.45) is 2.36. The summed E-state index contributed by atoms with van der Waals surface area (Å²) in [6, 6.07) is 5.37. The molecule has 1 aliphatic rings. The van der Waals surface area contributed by atoms with E-state index in [0.29, 0.717) is 18.1 Å². The van der Waals surface area contributed by atoms with E-state index in [-0.39, 0.29) is 12.1 Å². The molecule has 2 amide bonds. The first-order chi connectivity index (χ1) is 11.1. The Kier molecular flexibility index (Phi) is 4.66. The van der Waals surface area contributed by atoms with Gasteiger partial charge in [0, 0.05) is 12.6 Å². The van der Waals surface area contributed by atoms with Gasteiger partial charge < -0.3 is 14.3 Å². The number of likely N-dealkylation sites (tertiary alicyclic amines) is 1. The van der Waals surface area contributed by atoms with Crippen molar-refractivity contribution in [2.24, 2.45) is 0 Å². The highest BCUT2D eigenvalue weighted by Crippen LogP contribution is 2.26. The van der Waals surface area contributed by atoms with Crippen molar-refractivity contribution in [3.63, 3.8) is 0 Å². The molecular formula is C16H22N4O3. The third-order valence-corrected chi connectivity index (χ3v) is 4.00. The van der Waals surface area contributed by atoms with Crippen LogP contribution < -0.4 is 10.6 Å². The number of carbonyl (C=O) groups excluding carboxylic acids is 1. The van der Waals surface area contributed by atoms with Gasteiger partial charge in [-0.25, -0.2) is 4.79 Å². The summed E-state index contributed by atoms with van der Waals surface area (Å²) >= 11 is 0. The van der Waals surface area contributed by atoms with Crippen molar-refractivity contribution in [3.05, 3.63) is 35.5 Å². The van der Waals surface area contributed by atoms with Gasteiger partial charge in [0.05, 0.1) is 6.04 Å². The van der Waals surface area contributed by atoms with E-state index >= 15 is 0 Å². The maximum atomic E-state index is 12.0. The lowest BCUT2D eigenvalue weighted by Gasteiger charge is -2.26. The Bertz CT molecular complexity index is 658. The number of rotatable bonds is 5. The van der Waals surface area contributed by atoms with Crippen LogP contribution in [-0.2, 0) is 0 Å². The largest absolute Gasteiger partial charge is 0.465 e. The highest BCUT2D eigenvalue weighted by atomic mass is 16.5. The molecule has 0 aliphatic carbocycles. The van der Waals surface area contributed by atoms with E-state index in [1.807, 2.05) is 19.1 Å². The van der Waals surface area contributed by atoms with Gasteiger partial charge in [0.15, 0.2) is 5.82 Å². The first-order valence-corrected chi connectivity index (χ1v) is 7.90. The molecule has 1 aliphatic heterocycles. The van der Waals surface area contributed by atoms with Crippen LogP contribution in [0.25, 0.3) is 0 Å². The number of aryl methyl sites for hydroxylation is 2. The SMILES string of the molecule is Cc1cc(NC(=O)NC[C@@H](c2ccc(C)o2)N2CCCC2)no1. The third-order valence-electron chi connectivity index (χ3n) is 4.00. The van der Waals surface area contributed by atoms with Gasteiger partial charge in [-0.3, -0.25) is 10.2 Å². The third kappa shape index (κ3) is 3.92. The molecule has 0 saturated carbocycles. The molecule has 0 radical (unpaired) electrons. The van der Waals surface area contributed by atoms with Crippen molar-refractivity contribution in [1.82, 2.24) is 15.4 Å². The molecule has 0 bridgehead atoms. The summed E-state index contributed by atoms with van der Waals surface area (Å²) in [5, 5.41) is 9.30. The molecule has 1 atom stereocenters. The number of nitrogens with zero attached hydrogens (tertiary/aromatic N) is 2.